The van der Waals surface area contributed by atoms with Crippen LogP contribution in [0.5, 0.6) is 0 Å². The fourth-order valence-electron chi connectivity index (χ4n) is 2.74. The summed E-state index contributed by atoms with van der Waals surface area (Å²) in [6.07, 6.45) is 2.54. The summed E-state index contributed by atoms with van der Waals surface area (Å²) in [5, 5.41) is 8.95. The van der Waals surface area contributed by atoms with Gasteiger partial charge in [0.15, 0.2) is 0 Å². The maximum atomic E-state index is 12.0. The van der Waals surface area contributed by atoms with Gasteiger partial charge in [-0.25, -0.2) is 4.79 Å². The molecule has 0 aromatic rings. The van der Waals surface area contributed by atoms with Gasteiger partial charge in [-0.3, -0.25) is 0 Å². The van der Waals surface area contributed by atoms with Gasteiger partial charge < -0.3 is 9.84 Å². The SMILES string of the molecule is COC(=O)c1[14cH]c(CCCCO)c2ccc(C(C)C)ccc1-2. The minimum absolute atomic E-state index is 0.202. The maximum absolute atomic E-state index is 12.0. The van der Waals surface area contributed by atoms with Crippen molar-refractivity contribution in [3.05, 3.63) is 47.0 Å². The van der Waals surface area contributed by atoms with Gasteiger partial charge in [-0.1, -0.05) is 38.1 Å². The van der Waals surface area contributed by atoms with Crippen LogP contribution in [-0.4, -0.2) is 24.8 Å². The van der Waals surface area contributed by atoms with Crippen LogP contribution in [0.3, 0.4) is 0 Å². The minimum Gasteiger partial charge on any atom is -0.465 e. The molecule has 0 aromatic carbocycles. The van der Waals surface area contributed by atoms with Crippen LogP contribution in [0.4, 0.5) is 0 Å². The van der Waals surface area contributed by atoms with Gasteiger partial charge in [-0.15, -0.1) is 0 Å². The van der Waals surface area contributed by atoms with E-state index in [1.54, 1.807) is 0 Å². The van der Waals surface area contributed by atoms with Crippen LogP contribution in [0.1, 0.15) is 54.1 Å². The highest BCUT2D eigenvalue weighted by Gasteiger charge is 2.20. The molecule has 3 heteroatoms. The molecule has 0 aliphatic heterocycles. The third kappa shape index (κ3) is 3.47. The molecule has 3 nitrogen and oxygen atoms in total. The molecule has 2 rings (SSSR count). The molecule has 1 N–H and O–H groups in total. The van der Waals surface area contributed by atoms with Crippen molar-refractivity contribution in [3.8, 4) is 11.1 Å². The standard InChI is InChI=1S/C19H24O3/c1-13(2)14-7-9-16-15(6-4-5-11-20)12-18(19(21)22-3)17(16)10-8-14/h7-10,12-13,20H,4-6,11H2,1-3H3/i12+2. The Labute approximate surface area is 132 Å². The third-order valence-corrected chi connectivity index (χ3v) is 4.06. The highest BCUT2D eigenvalue weighted by molar-refractivity contribution is 6.00. The summed E-state index contributed by atoms with van der Waals surface area (Å²) >= 11 is 0. The van der Waals surface area contributed by atoms with E-state index in [2.05, 4.69) is 32.0 Å². The van der Waals surface area contributed by atoms with Crippen LogP contribution in [-0.2, 0) is 11.2 Å². The van der Waals surface area contributed by atoms with Crippen molar-refractivity contribution in [3.63, 3.8) is 0 Å². The van der Waals surface area contributed by atoms with Crippen molar-refractivity contribution in [1.29, 1.82) is 0 Å². The zero-order valence-corrected chi connectivity index (χ0v) is 13.6. The quantitative estimate of drug-likeness (QED) is 0.647. The fraction of sp³-hybridized carbons (Fsp3) is 0.421. The molecule has 0 aromatic heterocycles. The van der Waals surface area contributed by atoms with Crippen molar-refractivity contribution >= 4 is 5.97 Å². The van der Waals surface area contributed by atoms with Gasteiger partial charge in [0.1, 0.15) is 0 Å². The van der Waals surface area contributed by atoms with Gasteiger partial charge in [0.25, 0.3) is 0 Å². The van der Waals surface area contributed by atoms with Crippen molar-refractivity contribution < 1.29 is 14.6 Å². The monoisotopic (exact) mass is 302 g/mol. The maximum Gasteiger partial charge on any atom is 0.338 e. The molecule has 0 amide bonds. The van der Waals surface area contributed by atoms with Gasteiger partial charge in [0, 0.05) is 6.61 Å². The van der Waals surface area contributed by atoms with Gasteiger partial charge in [0.2, 0.25) is 0 Å². The number of aliphatic hydroxyl groups is 1. The molecule has 0 saturated heterocycles. The Balaban J connectivity index is 2.48. The zero-order valence-electron chi connectivity index (χ0n) is 13.6. The summed E-state index contributed by atoms with van der Waals surface area (Å²) in [4.78, 5) is 12.0. The number of esters is 1. The van der Waals surface area contributed by atoms with E-state index in [0.717, 1.165) is 36.0 Å². The second-order valence-corrected chi connectivity index (χ2v) is 5.90. The van der Waals surface area contributed by atoms with Crippen LogP contribution >= 0.6 is 0 Å². The molecule has 0 radical (unpaired) electrons. The lowest BCUT2D eigenvalue weighted by Gasteiger charge is -2.01. The molecular formula is C19H24O3. The van der Waals surface area contributed by atoms with Crippen LogP contribution in [0.25, 0.3) is 11.1 Å². The van der Waals surface area contributed by atoms with Crippen LogP contribution in [0.2, 0.25) is 0 Å². The Kier molecular flexibility index (Phi) is 5.56. The second kappa shape index (κ2) is 7.41. The average molecular weight is 302 g/mol. The molecule has 0 saturated carbocycles. The van der Waals surface area contributed by atoms with E-state index < -0.39 is 0 Å². The van der Waals surface area contributed by atoms with Crippen LogP contribution in [0, 0.1) is 0 Å². The van der Waals surface area contributed by atoms with E-state index in [9.17, 15) is 4.79 Å². The second-order valence-electron chi connectivity index (χ2n) is 5.90. The number of unbranched alkanes of at least 4 members (excludes halogenated alkanes) is 1. The van der Waals surface area contributed by atoms with E-state index in [1.807, 2.05) is 12.1 Å². The van der Waals surface area contributed by atoms with E-state index in [4.69, 9.17) is 9.84 Å². The molecule has 22 heavy (non-hydrogen) atoms. The number of rotatable bonds is 6. The highest BCUT2D eigenvalue weighted by atomic mass is 16.5. The van der Waals surface area contributed by atoms with Crippen LogP contribution < -0.4 is 0 Å². The molecule has 0 atom stereocenters. The van der Waals surface area contributed by atoms with E-state index in [-0.39, 0.29) is 12.6 Å². The molecule has 2 aliphatic rings. The summed E-state index contributed by atoms with van der Waals surface area (Å²) in [7, 11) is 1.41. The normalized spacial score (nSPS) is 11.1. The third-order valence-electron chi connectivity index (χ3n) is 4.06. The lowest BCUT2D eigenvalue weighted by atomic mass is 10.0. The predicted octanol–water partition coefficient (Wildman–Crippen LogP) is 4.02. The minimum atomic E-state index is -0.296. The molecule has 118 valence electrons. The van der Waals surface area contributed by atoms with Crippen molar-refractivity contribution in [1.82, 2.24) is 0 Å². The Bertz CT molecular complexity index is 616. The smallest absolute Gasteiger partial charge is 0.338 e. The van der Waals surface area contributed by atoms with Gasteiger partial charge in [-0.05, 0) is 53.5 Å². The molecule has 0 unspecified atom stereocenters. The predicted molar refractivity (Wildman–Crippen MR) is 88.5 cm³/mol. The fourth-order valence-corrected chi connectivity index (χ4v) is 2.74. The van der Waals surface area contributed by atoms with Crippen LogP contribution in [0.15, 0.2) is 30.3 Å². The van der Waals surface area contributed by atoms with Crippen molar-refractivity contribution in [2.75, 3.05) is 13.7 Å². The summed E-state index contributed by atoms with van der Waals surface area (Å²) in [6, 6.07) is 10.3. The van der Waals surface area contributed by atoms with E-state index >= 15 is 0 Å². The first kappa shape index (κ1) is 16.5. The molecule has 2 aliphatic carbocycles. The highest BCUT2D eigenvalue weighted by Crippen LogP contribution is 2.34. The van der Waals surface area contributed by atoms with Crippen molar-refractivity contribution in [2.45, 2.75) is 39.0 Å². The van der Waals surface area contributed by atoms with E-state index in [0.29, 0.717) is 11.5 Å². The first-order valence-electron chi connectivity index (χ1n) is 7.83. The summed E-state index contributed by atoms with van der Waals surface area (Å²) in [5.41, 5.74) is 5.06. The molecule has 0 heterocycles. The van der Waals surface area contributed by atoms with Gasteiger partial charge in [0.05, 0.1) is 12.7 Å². The van der Waals surface area contributed by atoms with Gasteiger partial charge in [-0.2, -0.15) is 0 Å². The number of ether oxygens (including phenoxy) is 1. The number of methoxy groups -OCH3 is 1. The first-order valence-corrected chi connectivity index (χ1v) is 7.83. The first-order chi connectivity index (χ1) is 10.6. The number of hydrogen-bond donors (Lipinski definition) is 1. The average Bonchev–Trinajstić information content (AvgIpc) is 2.70. The number of aryl methyl sites for hydroxylation is 1. The summed E-state index contributed by atoms with van der Waals surface area (Å²) in [5.74, 6) is 0.145. The topological polar surface area (TPSA) is 46.5 Å². The summed E-state index contributed by atoms with van der Waals surface area (Å²) < 4.78 is 4.91. The number of fused-ring (bicyclic) bond motifs is 1. The van der Waals surface area contributed by atoms with E-state index in [1.165, 1.54) is 12.7 Å². The zero-order chi connectivity index (χ0) is 16.1. The van der Waals surface area contributed by atoms with Gasteiger partial charge >= 0.3 is 5.97 Å². The Hall–Kier alpha value is -1.87. The number of aliphatic hydroxyl groups excluding tert-OH is 1. The molecule has 0 bridgehead atoms. The number of carbonyl (C=O) groups is 1. The molecule has 0 spiro atoms. The molecular weight excluding hydrogens is 278 g/mol. The van der Waals surface area contributed by atoms with Crippen molar-refractivity contribution in [2.24, 2.45) is 0 Å². The lowest BCUT2D eigenvalue weighted by Crippen LogP contribution is -2.00. The Morgan fingerprint density at radius 2 is 1.86 bits per heavy atom. The largest absolute Gasteiger partial charge is 0.465 e. The Morgan fingerprint density at radius 3 is 2.45 bits per heavy atom. The Morgan fingerprint density at radius 1 is 1.18 bits per heavy atom. The summed E-state index contributed by atoms with van der Waals surface area (Å²) in [6.45, 7) is 4.51. The number of carbonyl (C=O) groups excluding carboxylic acids is 1. The number of hydrogen-bond acceptors (Lipinski definition) is 3. The molecule has 0 fully saturated rings. The lowest BCUT2D eigenvalue weighted by molar-refractivity contribution is 0.0602.